The number of aromatic carboxylic acids is 1. The molecule has 1 aromatic rings. The van der Waals surface area contributed by atoms with Crippen LogP contribution in [0, 0.1) is 0 Å². The van der Waals surface area contributed by atoms with E-state index in [9.17, 15) is 13.2 Å². The predicted octanol–water partition coefficient (Wildman–Crippen LogP) is 0.868. The summed E-state index contributed by atoms with van der Waals surface area (Å²) in [6.45, 7) is 1.31. The number of sulfonamides is 1. The summed E-state index contributed by atoms with van der Waals surface area (Å²) in [5.74, 6) is -1.19. The number of halogens is 1. The van der Waals surface area contributed by atoms with E-state index in [-0.39, 0.29) is 20.1 Å². The zero-order valence-electron chi connectivity index (χ0n) is 8.68. The van der Waals surface area contributed by atoms with E-state index in [1.807, 2.05) is 0 Å². The van der Waals surface area contributed by atoms with E-state index < -0.39 is 22.1 Å². The number of aliphatic hydroxyl groups excluding tert-OH is 1. The first kappa shape index (κ1) is 14.6. The van der Waals surface area contributed by atoms with Gasteiger partial charge in [0.25, 0.3) is 0 Å². The van der Waals surface area contributed by atoms with Crippen LogP contribution in [0.5, 0.6) is 0 Å². The summed E-state index contributed by atoms with van der Waals surface area (Å²) in [4.78, 5) is 10.5. The molecule has 1 rings (SSSR count). The Labute approximate surface area is 110 Å². The van der Waals surface area contributed by atoms with Crippen LogP contribution in [-0.2, 0) is 10.0 Å². The van der Waals surface area contributed by atoms with E-state index in [4.69, 9.17) is 10.2 Å². The Hall–Kier alpha value is -0.480. The van der Waals surface area contributed by atoms with E-state index in [0.29, 0.717) is 0 Å². The number of carboxylic acids is 1. The van der Waals surface area contributed by atoms with Crippen LogP contribution in [0.1, 0.15) is 16.6 Å². The number of nitrogens with one attached hydrogen (secondary N) is 1. The van der Waals surface area contributed by atoms with Crippen molar-refractivity contribution < 1.29 is 23.4 Å². The fourth-order valence-corrected chi connectivity index (χ4v) is 4.47. The molecule has 1 aromatic heterocycles. The Morgan fingerprint density at radius 2 is 2.24 bits per heavy atom. The summed E-state index contributed by atoms with van der Waals surface area (Å²) in [7, 11) is -3.81. The number of hydrogen-bond acceptors (Lipinski definition) is 5. The molecule has 0 aliphatic carbocycles. The van der Waals surface area contributed by atoms with Gasteiger partial charge in [-0.2, -0.15) is 0 Å². The van der Waals surface area contributed by atoms with Crippen LogP contribution in [-0.4, -0.2) is 37.2 Å². The first-order valence-electron chi connectivity index (χ1n) is 4.44. The number of thiophene rings is 1. The van der Waals surface area contributed by atoms with Gasteiger partial charge in [-0.15, -0.1) is 11.3 Å². The highest BCUT2D eigenvalue weighted by Crippen LogP contribution is 2.31. The highest BCUT2D eigenvalue weighted by Gasteiger charge is 2.23. The molecule has 0 aliphatic heterocycles. The van der Waals surface area contributed by atoms with Gasteiger partial charge in [0.15, 0.2) is 0 Å². The summed E-state index contributed by atoms with van der Waals surface area (Å²) in [5, 5.41) is 17.7. The molecular formula is C8H10BrNO5S2. The van der Waals surface area contributed by atoms with E-state index in [1.165, 1.54) is 6.92 Å². The molecule has 0 amide bonds. The Kier molecular flexibility index (Phi) is 4.67. The Morgan fingerprint density at radius 1 is 1.65 bits per heavy atom. The van der Waals surface area contributed by atoms with Gasteiger partial charge in [-0.1, -0.05) is 0 Å². The molecule has 0 radical (unpaired) electrons. The summed E-state index contributed by atoms with van der Waals surface area (Å²) in [5.41, 5.74) is 0. The van der Waals surface area contributed by atoms with Gasteiger partial charge in [-0.25, -0.2) is 17.9 Å². The lowest BCUT2D eigenvalue weighted by molar-refractivity contribution is 0.0702. The maximum Gasteiger partial charge on any atom is 0.345 e. The van der Waals surface area contributed by atoms with Crippen LogP contribution in [0.2, 0.25) is 0 Å². The van der Waals surface area contributed by atoms with Gasteiger partial charge in [0.2, 0.25) is 10.0 Å². The van der Waals surface area contributed by atoms with Crippen LogP contribution in [0.15, 0.2) is 14.7 Å². The van der Waals surface area contributed by atoms with Gasteiger partial charge in [-0.3, -0.25) is 0 Å². The van der Waals surface area contributed by atoms with Crippen LogP contribution >= 0.6 is 27.3 Å². The third-order valence-corrected chi connectivity index (χ3v) is 5.39. The summed E-state index contributed by atoms with van der Waals surface area (Å²) in [6, 6.07) is 1.07. The largest absolute Gasteiger partial charge is 0.477 e. The van der Waals surface area contributed by atoms with Crippen molar-refractivity contribution in [3.63, 3.8) is 0 Å². The smallest absolute Gasteiger partial charge is 0.345 e. The molecule has 0 saturated carbocycles. The summed E-state index contributed by atoms with van der Waals surface area (Å²) < 4.78 is 25.9. The zero-order valence-corrected chi connectivity index (χ0v) is 11.9. The molecule has 0 aliphatic rings. The minimum atomic E-state index is -3.81. The average molecular weight is 344 g/mol. The number of aliphatic hydroxyl groups is 1. The standard InChI is InChI=1S/C8H10BrNO5S2/c1-4(11)3-10-17(14,15)6-2-5(8(12)13)16-7(6)9/h2,4,10-11H,3H2,1H3,(H,12,13)/t4-/m1/s1. The second-order valence-electron chi connectivity index (χ2n) is 3.25. The third kappa shape index (κ3) is 3.75. The quantitative estimate of drug-likeness (QED) is 0.735. The van der Waals surface area contributed by atoms with Crippen molar-refractivity contribution in [2.24, 2.45) is 0 Å². The summed E-state index contributed by atoms with van der Waals surface area (Å²) in [6.07, 6.45) is -0.818. The molecule has 96 valence electrons. The molecule has 1 heterocycles. The van der Waals surface area contributed by atoms with Crippen molar-refractivity contribution in [3.8, 4) is 0 Å². The van der Waals surface area contributed by atoms with Crippen molar-refractivity contribution in [1.29, 1.82) is 0 Å². The first-order valence-corrected chi connectivity index (χ1v) is 7.53. The van der Waals surface area contributed by atoms with Crippen molar-refractivity contribution in [3.05, 3.63) is 14.7 Å². The van der Waals surface area contributed by atoms with Crippen molar-refractivity contribution in [2.45, 2.75) is 17.9 Å². The average Bonchev–Trinajstić information content (AvgIpc) is 2.58. The van der Waals surface area contributed by atoms with Gasteiger partial charge >= 0.3 is 5.97 Å². The summed E-state index contributed by atoms with van der Waals surface area (Å²) >= 11 is 3.82. The number of hydrogen-bond donors (Lipinski definition) is 3. The lowest BCUT2D eigenvalue weighted by atomic mass is 10.4. The van der Waals surface area contributed by atoms with Crippen molar-refractivity contribution >= 4 is 43.3 Å². The second-order valence-corrected chi connectivity index (χ2v) is 7.36. The molecular weight excluding hydrogens is 334 g/mol. The molecule has 0 unspecified atom stereocenters. The van der Waals surface area contributed by atoms with Gasteiger partial charge in [-0.05, 0) is 28.9 Å². The zero-order chi connectivity index (χ0) is 13.2. The fourth-order valence-electron chi connectivity index (χ4n) is 0.949. The lowest BCUT2D eigenvalue weighted by Crippen LogP contribution is -2.30. The van der Waals surface area contributed by atoms with Crippen LogP contribution < -0.4 is 4.72 Å². The normalized spacial score (nSPS) is 13.6. The van der Waals surface area contributed by atoms with Crippen LogP contribution in [0.25, 0.3) is 0 Å². The van der Waals surface area contributed by atoms with E-state index in [1.54, 1.807) is 0 Å². The molecule has 9 heteroatoms. The monoisotopic (exact) mass is 343 g/mol. The molecule has 0 saturated heterocycles. The Bertz CT molecular complexity index is 522. The number of carbonyl (C=O) groups is 1. The van der Waals surface area contributed by atoms with Crippen LogP contribution in [0.4, 0.5) is 0 Å². The second kappa shape index (κ2) is 5.44. The molecule has 6 nitrogen and oxygen atoms in total. The van der Waals surface area contributed by atoms with Gasteiger partial charge in [0, 0.05) is 6.54 Å². The topological polar surface area (TPSA) is 104 Å². The van der Waals surface area contributed by atoms with Crippen molar-refractivity contribution in [2.75, 3.05) is 6.54 Å². The number of carboxylic acid groups (broad SMARTS) is 1. The van der Waals surface area contributed by atoms with E-state index in [0.717, 1.165) is 17.4 Å². The minimum Gasteiger partial charge on any atom is -0.477 e. The molecule has 1 atom stereocenters. The fraction of sp³-hybridized carbons (Fsp3) is 0.375. The molecule has 0 bridgehead atoms. The van der Waals surface area contributed by atoms with Gasteiger partial charge < -0.3 is 10.2 Å². The highest BCUT2D eigenvalue weighted by atomic mass is 79.9. The van der Waals surface area contributed by atoms with Gasteiger partial charge in [0.1, 0.15) is 9.77 Å². The lowest BCUT2D eigenvalue weighted by Gasteiger charge is -2.07. The van der Waals surface area contributed by atoms with Crippen molar-refractivity contribution in [1.82, 2.24) is 4.72 Å². The molecule has 3 N–H and O–H groups in total. The van der Waals surface area contributed by atoms with E-state index in [2.05, 4.69) is 20.7 Å². The molecule has 0 aromatic carbocycles. The molecule has 0 fully saturated rings. The maximum atomic E-state index is 11.8. The van der Waals surface area contributed by atoms with Gasteiger partial charge in [0.05, 0.1) is 9.89 Å². The first-order chi connectivity index (χ1) is 7.74. The highest BCUT2D eigenvalue weighted by molar-refractivity contribution is 9.11. The SMILES string of the molecule is C[C@@H](O)CNS(=O)(=O)c1cc(C(=O)O)sc1Br. The number of rotatable bonds is 5. The molecule has 17 heavy (non-hydrogen) atoms. The maximum absolute atomic E-state index is 11.8. The Balaban J connectivity index is 3.03. The van der Waals surface area contributed by atoms with Crippen LogP contribution in [0.3, 0.4) is 0 Å². The Morgan fingerprint density at radius 3 is 2.65 bits per heavy atom. The third-order valence-electron chi connectivity index (χ3n) is 1.72. The minimum absolute atomic E-state index is 0.0747. The predicted molar refractivity (Wildman–Crippen MR) is 65.8 cm³/mol. The van der Waals surface area contributed by atoms with E-state index >= 15 is 0 Å². The molecule has 0 spiro atoms.